The van der Waals surface area contributed by atoms with Crippen LogP contribution in [0.25, 0.3) is 0 Å². The maximum atomic E-state index is 12.2. The molecule has 0 saturated heterocycles. The van der Waals surface area contributed by atoms with E-state index in [2.05, 4.69) is 10.2 Å². The maximum Gasteiger partial charge on any atom is 0.262 e. The van der Waals surface area contributed by atoms with Crippen LogP contribution < -0.4 is 24.4 Å². The highest BCUT2D eigenvalue weighted by Gasteiger charge is 2.16. The van der Waals surface area contributed by atoms with Crippen molar-refractivity contribution in [3.63, 3.8) is 0 Å². The van der Waals surface area contributed by atoms with Crippen molar-refractivity contribution in [2.24, 2.45) is 0 Å². The van der Waals surface area contributed by atoms with Crippen molar-refractivity contribution in [3.05, 3.63) is 48.0 Å². The van der Waals surface area contributed by atoms with E-state index in [9.17, 15) is 18.3 Å². The first-order chi connectivity index (χ1) is 13.9. The molecule has 156 valence electrons. The lowest BCUT2D eigenvalue weighted by atomic mass is 10.2. The predicted molar refractivity (Wildman–Crippen MR) is 100 cm³/mol. The standard InChI is InChI=1S/C18H20N2O8S/c1-25-20-29(23,24)15-5-2-12(3-6-15)18(22)19-9-13(21)10-26-14-4-7-16-17(8-14)28-11-27-16/h2-8,13,20-21H,9-11H2,1H3,(H,19,22). The normalized spacial score (nSPS) is 13.7. The largest absolute Gasteiger partial charge is 0.491 e. The average molecular weight is 424 g/mol. The molecule has 1 heterocycles. The zero-order valence-electron chi connectivity index (χ0n) is 15.5. The minimum Gasteiger partial charge on any atom is -0.491 e. The molecule has 0 radical (unpaired) electrons. The highest BCUT2D eigenvalue weighted by Crippen LogP contribution is 2.35. The Kier molecular flexibility index (Phi) is 6.54. The number of hydrogen-bond acceptors (Lipinski definition) is 8. The Morgan fingerprint density at radius 1 is 1.17 bits per heavy atom. The van der Waals surface area contributed by atoms with E-state index < -0.39 is 22.0 Å². The molecule has 3 rings (SSSR count). The topological polar surface area (TPSA) is 132 Å². The third-order valence-corrected chi connectivity index (χ3v) is 5.18. The van der Waals surface area contributed by atoms with E-state index in [1.165, 1.54) is 31.4 Å². The van der Waals surface area contributed by atoms with E-state index in [0.29, 0.717) is 17.2 Å². The molecule has 0 bridgehead atoms. The molecule has 1 aliphatic rings. The minimum atomic E-state index is -3.79. The molecule has 0 spiro atoms. The first kappa shape index (κ1) is 20.9. The molecule has 10 nitrogen and oxygen atoms in total. The fraction of sp³-hybridized carbons (Fsp3) is 0.278. The van der Waals surface area contributed by atoms with Gasteiger partial charge in [-0.2, -0.15) is 0 Å². The van der Waals surface area contributed by atoms with Crippen LogP contribution in [0.1, 0.15) is 10.4 Å². The van der Waals surface area contributed by atoms with E-state index in [1.807, 2.05) is 4.89 Å². The Labute approximate surface area is 167 Å². The number of hydrogen-bond donors (Lipinski definition) is 3. The fourth-order valence-electron chi connectivity index (χ4n) is 2.47. The van der Waals surface area contributed by atoms with Gasteiger partial charge in [0.2, 0.25) is 6.79 Å². The van der Waals surface area contributed by atoms with Gasteiger partial charge in [-0.15, -0.1) is 0 Å². The Hall–Kier alpha value is -2.86. The van der Waals surface area contributed by atoms with Gasteiger partial charge in [0, 0.05) is 18.2 Å². The van der Waals surface area contributed by atoms with Crippen LogP contribution >= 0.6 is 0 Å². The van der Waals surface area contributed by atoms with Crippen molar-refractivity contribution in [2.75, 3.05) is 27.1 Å². The number of nitrogens with one attached hydrogen (secondary N) is 2. The third-order valence-electron chi connectivity index (χ3n) is 3.90. The van der Waals surface area contributed by atoms with Crippen molar-refractivity contribution in [1.82, 2.24) is 10.2 Å². The number of sulfonamides is 1. The van der Waals surface area contributed by atoms with Crippen molar-refractivity contribution in [2.45, 2.75) is 11.0 Å². The zero-order chi connectivity index (χ0) is 20.9. The quantitative estimate of drug-likeness (QED) is 0.494. The summed E-state index contributed by atoms with van der Waals surface area (Å²) in [5, 5.41) is 12.6. The summed E-state index contributed by atoms with van der Waals surface area (Å²) >= 11 is 0. The molecule has 2 aromatic carbocycles. The van der Waals surface area contributed by atoms with E-state index >= 15 is 0 Å². The van der Waals surface area contributed by atoms with Gasteiger partial charge in [-0.05, 0) is 36.4 Å². The Bertz CT molecular complexity index is 962. The molecule has 0 aromatic heterocycles. The lowest BCUT2D eigenvalue weighted by Gasteiger charge is -2.14. The molecule has 0 fully saturated rings. The summed E-state index contributed by atoms with van der Waals surface area (Å²) in [7, 11) is -2.61. The van der Waals surface area contributed by atoms with Gasteiger partial charge in [0.25, 0.3) is 15.9 Å². The summed E-state index contributed by atoms with van der Waals surface area (Å²) in [6, 6.07) is 10.3. The lowest BCUT2D eigenvalue weighted by molar-refractivity contribution is 0.0843. The number of fused-ring (bicyclic) bond motifs is 1. The summed E-state index contributed by atoms with van der Waals surface area (Å²) in [6.07, 6.45) is -0.949. The van der Waals surface area contributed by atoms with E-state index in [4.69, 9.17) is 14.2 Å². The molecule has 3 N–H and O–H groups in total. The molecule has 2 aromatic rings. The molecule has 11 heteroatoms. The number of ether oxygens (including phenoxy) is 3. The van der Waals surface area contributed by atoms with Crippen molar-refractivity contribution in [1.29, 1.82) is 0 Å². The van der Waals surface area contributed by atoms with Crippen LogP contribution in [-0.4, -0.2) is 52.6 Å². The predicted octanol–water partition coefficient (Wildman–Crippen LogP) is 0.425. The molecule has 1 unspecified atom stereocenters. The monoisotopic (exact) mass is 424 g/mol. The number of rotatable bonds is 9. The van der Waals surface area contributed by atoms with E-state index in [0.717, 1.165) is 0 Å². The van der Waals surface area contributed by atoms with Crippen LogP contribution in [0.5, 0.6) is 17.2 Å². The Morgan fingerprint density at radius 3 is 2.62 bits per heavy atom. The first-order valence-corrected chi connectivity index (χ1v) is 10.0. The SMILES string of the molecule is CONS(=O)(=O)c1ccc(C(=O)NCC(O)COc2ccc3c(c2)OCO3)cc1. The second-order valence-electron chi connectivity index (χ2n) is 6.01. The molecule has 0 saturated carbocycles. The fourth-order valence-corrected chi connectivity index (χ4v) is 3.28. The zero-order valence-corrected chi connectivity index (χ0v) is 16.3. The molecular weight excluding hydrogens is 404 g/mol. The van der Waals surface area contributed by atoms with Crippen molar-refractivity contribution in [3.8, 4) is 17.2 Å². The number of carbonyl (C=O) groups is 1. The number of amides is 1. The summed E-state index contributed by atoms with van der Waals surface area (Å²) in [5.74, 6) is 1.23. The number of benzene rings is 2. The van der Waals surface area contributed by atoms with Gasteiger partial charge in [-0.25, -0.2) is 8.42 Å². The summed E-state index contributed by atoms with van der Waals surface area (Å²) in [5.41, 5.74) is 0.241. The molecular formula is C18H20N2O8S. The van der Waals surface area contributed by atoms with Crippen LogP contribution in [0.4, 0.5) is 0 Å². The van der Waals surface area contributed by atoms with Crippen LogP contribution in [0.2, 0.25) is 0 Å². The highest BCUT2D eigenvalue weighted by atomic mass is 32.2. The Balaban J connectivity index is 1.47. The molecule has 1 aliphatic heterocycles. The molecule has 29 heavy (non-hydrogen) atoms. The second kappa shape index (κ2) is 9.09. The second-order valence-corrected chi connectivity index (χ2v) is 7.65. The van der Waals surface area contributed by atoms with Gasteiger partial charge in [-0.3, -0.25) is 9.63 Å². The number of carbonyl (C=O) groups excluding carboxylic acids is 1. The van der Waals surface area contributed by atoms with Crippen LogP contribution in [0.3, 0.4) is 0 Å². The van der Waals surface area contributed by atoms with Gasteiger partial charge < -0.3 is 24.6 Å². The average Bonchev–Trinajstić information content (AvgIpc) is 3.18. The van der Waals surface area contributed by atoms with E-state index in [-0.39, 0.29) is 30.4 Å². The summed E-state index contributed by atoms with van der Waals surface area (Å²) < 4.78 is 39.5. The van der Waals surface area contributed by atoms with Gasteiger partial charge in [0.05, 0.1) is 12.0 Å². The molecule has 0 aliphatic carbocycles. The van der Waals surface area contributed by atoms with E-state index in [1.54, 1.807) is 18.2 Å². The molecule has 1 atom stereocenters. The third kappa shape index (κ3) is 5.35. The first-order valence-electron chi connectivity index (χ1n) is 8.52. The minimum absolute atomic E-state index is 0.0419. The van der Waals surface area contributed by atoms with Crippen molar-refractivity contribution >= 4 is 15.9 Å². The smallest absolute Gasteiger partial charge is 0.262 e. The maximum absolute atomic E-state index is 12.2. The molecule has 1 amide bonds. The van der Waals surface area contributed by atoms with Gasteiger partial charge in [0.1, 0.15) is 18.5 Å². The number of aliphatic hydroxyl groups is 1. The highest BCUT2D eigenvalue weighted by molar-refractivity contribution is 7.89. The van der Waals surface area contributed by atoms with Crippen LogP contribution in [0, 0.1) is 0 Å². The van der Waals surface area contributed by atoms with Crippen molar-refractivity contribution < 1.29 is 37.4 Å². The number of aliphatic hydroxyl groups excluding tert-OH is 1. The van der Waals surface area contributed by atoms with Gasteiger partial charge >= 0.3 is 0 Å². The van der Waals surface area contributed by atoms with Gasteiger partial charge in [-0.1, -0.05) is 4.89 Å². The van der Waals surface area contributed by atoms with Crippen LogP contribution in [0.15, 0.2) is 47.4 Å². The van der Waals surface area contributed by atoms with Crippen LogP contribution in [-0.2, 0) is 14.9 Å². The lowest BCUT2D eigenvalue weighted by Crippen LogP contribution is -2.35. The van der Waals surface area contributed by atoms with Gasteiger partial charge in [0.15, 0.2) is 11.5 Å². The summed E-state index contributed by atoms with van der Waals surface area (Å²) in [4.78, 5) is 18.4. The summed E-state index contributed by atoms with van der Waals surface area (Å²) in [6.45, 7) is 0.0672. The Morgan fingerprint density at radius 2 is 1.90 bits per heavy atom.